The van der Waals surface area contributed by atoms with Gasteiger partial charge in [-0.15, -0.1) is 0 Å². The summed E-state index contributed by atoms with van der Waals surface area (Å²) in [6.07, 6.45) is 3.88. The molecule has 4 unspecified atom stereocenters. The molecule has 2 rings (SSSR count). The average Bonchev–Trinajstić information content (AvgIpc) is 2.74. The largest absolute Gasteiger partial charge is 0.461 e. The molecule has 0 amide bonds. The quantitative estimate of drug-likeness (QED) is 0.522. The van der Waals surface area contributed by atoms with Gasteiger partial charge in [0.2, 0.25) is 0 Å². The van der Waals surface area contributed by atoms with E-state index < -0.39 is 12.2 Å². The first kappa shape index (κ1) is 9.68. The molecule has 1 N–H and O–H groups in total. The van der Waals surface area contributed by atoms with E-state index in [0.717, 1.165) is 6.42 Å². The van der Waals surface area contributed by atoms with Crippen molar-refractivity contribution in [2.75, 3.05) is 6.61 Å². The zero-order chi connectivity index (χ0) is 10.1. The molecule has 1 saturated heterocycles. The number of esters is 1. The molecule has 0 aromatic heterocycles. The maximum absolute atomic E-state index is 11.4. The fourth-order valence-corrected chi connectivity index (χ4v) is 1.82. The lowest BCUT2D eigenvalue weighted by atomic mass is 10.0. The van der Waals surface area contributed by atoms with Gasteiger partial charge >= 0.3 is 5.97 Å². The highest BCUT2D eigenvalue weighted by Gasteiger charge is 2.41. The molecule has 78 valence electrons. The first-order chi connectivity index (χ1) is 6.66. The highest BCUT2D eigenvalue weighted by molar-refractivity contribution is 5.76. The van der Waals surface area contributed by atoms with Gasteiger partial charge in [-0.25, -0.2) is 4.79 Å². The second kappa shape index (κ2) is 3.71. The van der Waals surface area contributed by atoms with Gasteiger partial charge in [-0.2, -0.15) is 0 Å². The van der Waals surface area contributed by atoms with Gasteiger partial charge in [-0.1, -0.05) is 12.2 Å². The summed E-state index contributed by atoms with van der Waals surface area (Å²) in [6.45, 7) is 1.62. The molecule has 1 aliphatic heterocycles. The number of aliphatic hydroxyl groups excluding tert-OH is 1. The standard InChI is InChI=1S/C10H14O4/c1-6(11)5-13-10(12)9-7-2-3-8(4-7)14-9/h2-3,6-9,11H,4-5H2,1H3. The van der Waals surface area contributed by atoms with Crippen molar-refractivity contribution in [3.8, 4) is 0 Å². The smallest absolute Gasteiger partial charge is 0.335 e. The normalized spacial score (nSPS) is 36.0. The summed E-state index contributed by atoms with van der Waals surface area (Å²) in [7, 11) is 0. The number of hydrogen-bond donors (Lipinski definition) is 1. The second-order valence-corrected chi connectivity index (χ2v) is 3.86. The van der Waals surface area contributed by atoms with Crippen LogP contribution in [0.15, 0.2) is 12.2 Å². The Morgan fingerprint density at radius 2 is 2.50 bits per heavy atom. The minimum Gasteiger partial charge on any atom is -0.461 e. The van der Waals surface area contributed by atoms with Gasteiger partial charge in [-0.05, 0) is 13.3 Å². The Labute approximate surface area is 82.5 Å². The van der Waals surface area contributed by atoms with Crippen molar-refractivity contribution in [3.05, 3.63) is 12.2 Å². The molecule has 0 aromatic carbocycles. The Bertz CT molecular complexity index is 259. The fourth-order valence-electron chi connectivity index (χ4n) is 1.82. The monoisotopic (exact) mass is 198 g/mol. The van der Waals surface area contributed by atoms with Crippen molar-refractivity contribution in [2.45, 2.75) is 31.7 Å². The molecule has 2 bridgehead atoms. The van der Waals surface area contributed by atoms with Crippen LogP contribution in [0.2, 0.25) is 0 Å². The zero-order valence-electron chi connectivity index (χ0n) is 8.05. The molecule has 14 heavy (non-hydrogen) atoms. The molecule has 2 aliphatic rings. The van der Waals surface area contributed by atoms with E-state index in [1.54, 1.807) is 6.92 Å². The molecule has 1 heterocycles. The Balaban J connectivity index is 1.84. The summed E-state index contributed by atoms with van der Waals surface area (Å²) in [5.41, 5.74) is 0. The fraction of sp³-hybridized carbons (Fsp3) is 0.700. The molecule has 0 saturated carbocycles. The van der Waals surface area contributed by atoms with Crippen LogP contribution in [0.5, 0.6) is 0 Å². The van der Waals surface area contributed by atoms with Gasteiger partial charge < -0.3 is 14.6 Å². The summed E-state index contributed by atoms with van der Waals surface area (Å²) in [5.74, 6) is -0.191. The Hall–Kier alpha value is -0.870. The third kappa shape index (κ3) is 1.81. The van der Waals surface area contributed by atoms with Crippen LogP contribution in [-0.4, -0.2) is 36.0 Å². The number of carbonyl (C=O) groups is 1. The Morgan fingerprint density at radius 3 is 3.00 bits per heavy atom. The molecule has 4 nitrogen and oxygen atoms in total. The summed E-state index contributed by atoms with van der Waals surface area (Å²) in [4.78, 5) is 11.4. The van der Waals surface area contributed by atoms with Crippen LogP contribution in [0.4, 0.5) is 0 Å². The van der Waals surface area contributed by atoms with Crippen molar-refractivity contribution in [3.63, 3.8) is 0 Å². The molecule has 1 fully saturated rings. The average molecular weight is 198 g/mol. The molecular weight excluding hydrogens is 184 g/mol. The van der Waals surface area contributed by atoms with Gasteiger partial charge in [0, 0.05) is 5.92 Å². The van der Waals surface area contributed by atoms with Crippen molar-refractivity contribution in [2.24, 2.45) is 5.92 Å². The van der Waals surface area contributed by atoms with Crippen LogP contribution in [0.1, 0.15) is 13.3 Å². The molecule has 0 spiro atoms. The van der Waals surface area contributed by atoms with E-state index >= 15 is 0 Å². The van der Waals surface area contributed by atoms with Crippen LogP contribution < -0.4 is 0 Å². The van der Waals surface area contributed by atoms with E-state index in [1.807, 2.05) is 12.2 Å². The SMILES string of the molecule is CC(O)COC(=O)C1OC2C=CC1C2. The van der Waals surface area contributed by atoms with Gasteiger partial charge in [0.15, 0.2) is 6.10 Å². The zero-order valence-corrected chi connectivity index (χ0v) is 8.05. The topological polar surface area (TPSA) is 55.8 Å². The molecule has 4 heteroatoms. The van der Waals surface area contributed by atoms with E-state index in [2.05, 4.69) is 0 Å². The highest BCUT2D eigenvalue weighted by atomic mass is 16.6. The highest BCUT2D eigenvalue weighted by Crippen LogP contribution is 2.34. The summed E-state index contributed by atoms with van der Waals surface area (Å²) >= 11 is 0. The predicted molar refractivity (Wildman–Crippen MR) is 48.5 cm³/mol. The third-order valence-corrected chi connectivity index (χ3v) is 2.49. The number of hydrogen-bond acceptors (Lipinski definition) is 4. The minimum atomic E-state index is -0.618. The van der Waals surface area contributed by atoms with Gasteiger partial charge in [0.05, 0.1) is 12.2 Å². The van der Waals surface area contributed by atoms with Crippen LogP contribution in [0.25, 0.3) is 0 Å². The third-order valence-electron chi connectivity index (χ3n) is 2.49. The van der Waals surface area contributed by atoms with Crippen molar-refractivity contribution in [1.29, 1.82) is 0 Å². The van der Waals surface area contributed by atoms with Crippen LogP contribution in [0.3, 0.4) is 0 Å². The van der Waals surface area contributed by atoms with Gasteiger partial charge in [0.25, 0.3) is 0 Å². The molecule has 0 aromatic rings. The number of ether oxygens (including phenoxy) is 2. The molecule has 1 aliphatic carbocycles. The van der Waals surface area contributed by atoms with E-state index in [9.17, 15) is 4.79 Å². The summed E-state index contributed by atoms with van der Waals surface area (Å²) in [6, 6.07) is 0. The number of carbonyl (C=O) groups excluding carboxylic acids is 1. The molecule has 0 radical (unpaired) electrons. The summed E-state index contributed by atoms with van der Waals surface area (Å²) in [5, 5.41) is 8.94. The number of aliphatic hydroxyl groups is 1. The Morgan fingerprint density at radius 1 is 1.71 bits per heavy atom. The van der Waals surface area contributed by atoms with Crippen LogP contribution >= 0.6 is 0 Å². The first-order valence-corrected chi connectivity index (χ1v) is 4.85. The maximum Gasteiger partial charge on any atom is 0.335 e. The predicted octanol–water partition coefficient (Wildman–Crippen LogP) is 0.254. The van der Waals surface area contributed by atoms with Crippen molar-refractivity contribution < 1.29 is 19.4 Å². The van der Waals surface area contributed by atoms with Crippen LogP contribution in [-0.2, 0) is 14.3 Å². The van der Waals surface area contributed by atoms with Crippen molar-refractivity contribution in [1.82, 2.24) is 0 Å². The van der Waals surface area contributed by atoms with E-state index in [-0.39, 0.29) is 24.6 Å². The minimum absolute atomic E-state index is 0.0415. The maximum atomic E-state index is 11.4. The molecule has 4 atom stereocenters. The Kier molecular flexibility index (Phi) is 2.56. The lowest BCUT2D eigenvalue weighted by molar-refractivity contribution is -0.159. The number of fused-ring (bicyclic) bond motifs is 2. The van der Waals surface area contributed by atoms with Crippen LogP contribution in [0, 0.1) is 5.92 Å². The lowest BCUT2D eigenvalue weighted by Crippen LogP contribution is -2.31. The lowest BCUT2D eigenvalue weighted by Gasteiger charge is -2.17. The van der Waals surface area contributed by atoms with Crippen molar-refractivity contribution >= 4 is 5.97 Å². The number of rotatable bonds is 3. The van der Waals surface area contributed by atoms with E-state index in [1.165, 1.54) is 0 Å². The first-order valence-electron chi connectivity index (χ1n) is 4.85. The van der Waals surface area contributed by atoms with Gasteiger partial charge in [0.1, 0.15) is 6.61 Å². The second-order valence-electron chi connectivity index (χ2n) is 3.86. The summed E-state index contributed by atoms with van der Waals surface area (Å²) < 4.78 is 10.3. The van der Waals surface area contributed by atoms with Gasteiger partial charge in [-0.3, -0.25) is 0 Å². The molecular formula is C10H14O4. The van der Waals surface area contributed by atoms with E-state index in [4.69, 9.17) is 14.6 Å². The van der Waals surface area contributed by atoms with E-state index in [0.29, 0.717) is 0 Å².